The number of para-hydroxylation sites is 2. The van der Waals surface area contributed by atoms with Crippen molar-refractivity contribution in [2.24, 2.45) is 0 Å². The van der Waals surface area contributed by atoms with Crippen LogP contribution in [0.1, 0.15) is 5.56 Å². The molecule has 1 heterocycles. The number of methoxy groups -OCH3 is 3. The summed E-state index contributed by atoms with van der Waals surface area (Å²) in [6.07, 6.45) is 4.96. The molecule has 1 aromatic heterocycles. The highest BCUT2D eigenvalue weighted by atomic mass is 16.5. The molecule has 0 saturated heterocycles. The molecule has 0 saturated carbocycles. The van der Waals surface area contributed by atoms with Crippen LogP contribution < -0.4 is 19.5 Å². The molecule has 0 atom stereocenters. The van der Waals surface area contributed by atoms with Gasteiger partial charge >= 0.3 is 0 Å². The van der Waals surface area contributed by atoms with E-state index in [1.807, 2.05) is 28.8 Å². The maximum atomic E-state index is 12.1. The number of imidazole rings is 1. The van der Waals surface area contributed by atoms with E-state index in [0.29, 0.717) is 30.3 Å². The average Bonchev–Trinajstić information content (AvgIpc) is 3.14. The summed E-state index contributed by atoms with van der Waals surface area (Å²) in [7, 11) is 4.65. The number of rotatable bonds is 8. The summed E-state index contributed by atoms with van der Waals surface area (Å²) in [4.78, 5) is 16.5. The van der Waals surface area contributed by atoms with Crippen LogP contribution in [0.3, 0.4) is 0 Å². The van der Waals surface area contributed by atoms with E-state index in [9.17, 15) is 4.79 Å². The molecular formula is C21H23N3O4. The molecule has 1 N–H and O–H groups in total. The van der Waals surface area contributed by atoms with Crippen LogP contribution in [0.4, 0.5) is 0 Å². The molecule has 7 heteroatoms. The topological polar surface area (TPSA) is 74.6 Å². The summed E-state index contributed by atoms with van der Waals surface area (Å²) >= 11 is 0. The third kappa shape index (κ3) is 4.25. The molecule has 0 unspecified atom stereocenters. The average molecular weight is 381 g/mol. The highest BCUT2D eigenvalue weighted by Crippen LogP contribution is 2.38. The number of hydrogen-bond donors (Lipinski definition) is 1. The van der Waals surface area contributed by atoms with Gasteiger partial charge in [0, 0.05) is 19.2 Å². The molecule has 1 amide bonds. The number of nitrogens with one attached hydrogen (secondary N) is 1. The zero-order valence-electron chi connectivity index (χ0n) is 16.1. The van der Waals surface area contributed by atoms with E-state index < -0.39 is 0 Å². The Hall–Kier alpha value is -3.48. The van der Waals surface area contributed by atoms with Crippen LogP contribution in [-0.2, 0) is 11.3 Å². The van der Waals surface area contributed by atoms with Gasteiger partial charge in [-0.2, -0.15) is 0 Å². The lowest BCUT2D eigenvalue weighted by molar-refractivity contribution is -0.116. The van der Waals surface area contributed by atoms with Crippen LogP contribution >= 0.6 is 0 Å². The van der Waals surface area contributed by atoms with Gasteiger partial charge in [0.25, 0.3) is 0 Å². The lowest BCUT2D eigenvalue weighted by Gasteiger charge is -2.12. The van der Waals surface area contributed by atoms with Crippen LogP contribution in [0, 0.1) is 0 Å². The second-order valence-electron chi connectivity index (χ2n) is 6.01. The van der Waals surface area contributed by atoms with Crippen molar-refractivity contribution >= 4 is 23.0 Å². The third-order valence-electron chi connectivity index (χ3n) is 4.29. The Labute approximate surface area is 163 Å². The van der Waals surface area contributed by atoms with Crippen molar-refractivity contribution in [3.63, 3.8) is 0 Å². The van der Waals surface area contributed by atoms with E-state index in [1.54, 1.807) is 45.9 Å². The van der Waals surface area contributed by atoms with Gasteiger partial charge in [0.2, 0.25) is 11.7 Å². The highest BCUT2D eigenvalue weighted by molar-refractivity contribution is 5.91. The molecule has 3 rings (SSSR count). The first kappa shape index (κ1) is 19.3. The summed E-state index contributed by atoms with van der Waals surface area (Å²) in [5.41, 5.74) is 2.76. The number of benzene rings is 2. The molecule has 0 radical (unpaired) electrons. The molecule has 0 aliphatic rings. The minimum Gasteiger partial charge on any atom is -0.493 e. The van der Waals surface area contributed by atoms with Gasteiger partial charge < -0.3 is 24.1 Å². The number of nitrogens with zero attached hydrogens (tertiary/aromatic N) is 2. The first-order valence-corrected chi connectivity index (χ1v) is 8.82. The van der Waals surface area contributed by atoms with Gasteiger partial charge in [-0.3, -0.25) is 4.79 Å². The first-order chi connectivity index (χ1) is 13.7. The Morgan fingerprint density at radius 1 is 1.11 bits per heavy atom. The Bertz CT molecular complexity index is 969. The zero-order chi connectivity index (χ0) is 19.9. The molecule has 0 bridgehead atoms. The van der Waals surface area contributed by atoms with Crippen molar-refractivity contribution in [2.45, 2.75) is 6.54 Å². The fourth-order valence-corrected chi connectivity index (χ4v) is 2.92. The molecule has 2 aromatic carbocycles. The first-order valence-electron chi connectivity index (χ1n) is 8.82. The Kier molecular flexibility index (Phi) is 6.16. The predicted molar refractivity (Wildman–Crippen MR) is 108 cm³/mol. The molecule has 0 spiro atoms. The SMILES string of the molecule is COc1cc(/C=C/C(=O)NCCn2cnc3ccccc32)cc(OC)c1OC. The van der Waals surface area contributed by atoms with Crippen LogP contribution in [0.15, 0.2) is 48.8 Å². The molecule has 0 aliphatic heterocycles. The standard InChI is InChI=1S/C21H23N3O4/c1-26-18-12-15(13-19(27-2)21(18)28-3)8-9-20(25)22-10-11-24-14-23-16-6-4-5-7-17(16)24/h4-9,12-14H,10-11H2,1-3H3,(H,22,25)/b9-8+. The summed E-state index contributed by atoms with van der Waals surface area (Å²) < 4.78 is 17.9. The van der Waals surface area contributed by atoms with Crippen LogP contribution in [0.25, 0.3) is 17.1 Å². The summed E-state index contributed by atoms with van der Waals surface area (Å²) in [6.45, 7) is 1.14. The molecule has 0 fully saturated rings. The lowest BCUT2D eigenvalue weighted by Crippen LogP contribution is -2.25. The molecule has 0 aliphatic carbocycles. The van der Waals surface area contributed by atoms with Crippen LogP contribution in [0.5, 0.6) is 17.2 Å². The van der Waals surface area contributed by atoms with Gasteiger partial charge in [0.15, 0.2) is 11.5 Å². The Balaban J connectivity index is 1.61. The van der Waals surface area contributed by atoms with Crippen molar-refractivity contribution in [1.82, 2.24) is 14.9 Å². The van der Waals surface area contributed by atoms with Crippen LogP contribution in [-0.4, -0.2) is 43.3 Å². The maximum absolute atomic E-state index is 12.1. The summed E-state index contributed by atoms with van der Waals surface area (Å²) in [5, 5.41) is 2.87. The van der Waals surface area contributed by atoms with Gasteiger partial charge in [-0.05, 0) is 35.9 Å². The predicted octanol–water partition coefficient (Wildman–Crippen LogP) is 2.89. The monoisotopic (exact) mass is 381 g/mol. The van der Waals surface area contributed by atoms with Crippen LogP contribution in [0.2, 0.25) is 0 Å². The quantitative estimate of drug-likeness (QED) is 0.608. The fourth-order valence-electron chi connectivity index (χ4n) is 2.92. The number of carbonyl (C=O) groups excluding carboxylic acids is 1. The molecule has 146 valence electrons. The highest BCUT2D eigenvalue weighted by Gasteiger charge is 2.12. The number of aromatic nitrogens is 2. The molecule has 3 aromatic rings. The van der Waals surface area contributed by atoms with Gasteiger partial charge in [-0.1, -0.05) is 12.1 Å². The summed E-state index contributed by atoms with van der Waals surface area (Å²) in [5.74, 6) is 1.40. The smallest absolute Gasteiger partial charge is 0.244 e. The van der Waals surface area contributed by atoms with Crippen molar-refractivity contribution < 1.29 is 19.0 Å². The minimum absolute atomic E-state index is 0.182. The van der Waals surface area contributed by atoms with E-state index in [4.69, 9.17) is 14.2 Å². The second-order valence-corrected chi connectivity index (χ2v) is 6.01. The van der Waals surface area contributed by atoms with Gasteiger partial charge in [-0.15, -0.1) is 0 Å². The molecule has 7 nitrogen and oxygen atoms in total. The number of hydrogen-bond acceptors (Lipinski definition) is 5. The largest absolute Gasteiger partial charge is 0.493 e. The zero-order valence-corrected chi connectivity index (χ0v) is 16.1. The fraction of sp³-hybridized carbons (Fsp3) is 0.238. The Morgan fingerprint density at radius 3 is 2.50 bits per heavy atom. The number of fused-ring (bicyclic) bond motifs is 1. The molecular weight excluding hydrogens is 358 g/mol. The number of amides is 1. The van der Waals surface area contributed by atoms with Gasteiger partial charge in [0.1, 0.15) is 0 Å². The van der Waals surface area contributed by atoms with Crippen molar-refractivity contribution in [1.29, 1.82) is 0 Å². The van der Waals surface area contributed by atoms with Crippen molar-refractivity contribution in [2.75, 3.05) is 27.9 Å². The van der Waals surface area contributed by atoms with E-state index in [-0.39, 0.29) is 5.91 Å². The van der Waals surface area contributed by atoms with Crippen molar-refractivity contribution in [3.05, 3.63) is 54.4 Å². The number of ether oxygens (including phenoxy) is 3. The summed E-state index contributed by atoms with van der Waals surface area (Å²) in [6, 6.07) is 11.5. The van der Waals surface area contributed by atoms with E-state index >= 15 is 0 Å². The van der Waals surface area contributed by atoms with E-state index in [1.165, 1.54) is 6.08 Å². The number of carbonyl (C=O) groups is 1. The van der Waals surface area contributed by atoms with Gasteiger partial charge in [0.05, 0.1) is 38.7 Å². The molecule has 28 heavy (non-hydrogen) atoms. The third-order valence-corrected chi connectivity index (χ3v) is 4.29. The van der Waals surface area contributed by atoms with E-state index in [2.05, 4.69) is 10.3 Å². The minimum atomic E-state index is -0.182. The lowest BCUT2D eigenvalue weighted by atomic mass is 10.1. The Morgan fingerprint density at radius 2 is 1.82 bits per heavy atom. The van der Waals surface area contributed by atoms with Gasteiger partial charge in [-0.25, -0.2) is 4.98 Å². The normalized spacial score (nSPS) is 11.0. The second kappa shape index (κ2) is 8.94. The van der Waals surface area contributed by atoms with Crippen molar-refractivity contribution in [3.8, 4) is 17.2 Å². The van der Waals surface area contributed by atoms with E-state index in [0.717, 1.165) is 16.6 Å². The maximum Gasteiger partial charge on any atom is 0.244 e.